The lowest BCUT2D eigenvalue weighted by atomic mass is 9.88. The minimum Gasteiger partial charge on any atom is -0.497 e. The molecule has 1 aliphatic heterocycles. The highest BCUT2D eigenvalue weighted by molar-refractivity contribution is 5.93. The summed E-state index contributed by atoms with van der Waals surface area (Å²) in [6.45, 7) is 4.11. The smallest absolute Gasteiger partial charge is 0.274 e. The SMILES string of the molecule is COc1ccc(-c2ccnc3cc(C(=O)N(C)CC4(C)COC4)nn23)cc1. The Kier molecular flexibility index (Phi) is 4.31. The maximum atomic E-state index is 12.8. The lowest BCUT2D eigenvalue weighted by molar-refractivity contribution is -0.109. The summed E-state index contributed by atoms with van der Waals surface area (Å²) in [5.74, 6) is 0.671. The second kappa shape index (κ2) is 6.66. The van der Waals surface area contributed by atoms with E-state index in [1.165, 1.54) is 0 Å². The molecule has 27 heavy (non-hydrogen) atoms. The van der Waals surface area contributed by atoms with Crippen LogP contribution < -0.4 is 4.74 Å². The van der Waals surface area contributed by atoms with Gasteiger partial charge in [0.25, 0.3) is 5.91 Å². The molecule has 1 amide bonds. The molecular formula is C20H22N4O3. The number of hydrogen-bond donors (Lipinski definition) is 0. The molecule has 1 aromatic carbocycles. The third-order valence-electron chi connectivity index (χ3n) is 4.83. The van der Waals surface area contributed by atoms with Crippen LogP contribution in [0.25, 0.3) is 16.9 Å². The van der Waals surface area contributed by atoms with Gasteiger partial charge in [-0.25, -0.2) is 9.50 Å². The number of amides is 1. The Morgan fingerprint density at radius 3 is 2.67 bits per heavy atom. The van der Waals surface area contributed by atoms with E-state index in [2.05, 4.69) is 17.0 Å². The van der Waals surface area contributed by atoms with Crippen molar-refractivity contribution in [3.8, 4) is 17.0 Å². The summed E-state index contributed by atoms with van der Waals surface area (Å²) in [7, 11) is 3.44. The third kappa shape index (κ3) is 3.26. The van der Waals surface area contributed by atoms with Crippen molar-refractivity contribution in [2.75, 3.05) is 33.9 Å². The monoisotopic (exact) mass is 366 g/mol. The normalized spacial score (nSPS) is 15.4. The van der Waals surface area contributed by atoms with Crippen LogP contribution in [0.2, 0.25) is 0 Å². The van der Waals surface area contributed by atoms with Crippen LogP contribution in [0.1, 0.15) is 17.4 Å². The molecule has 4 rings (SSSR count). The number of rotatable bonds is 5. The molecule has 7 heteroatoms. The molecule has 1 saturated heterocycles. The Hall–Kier alpha value is -2.93. The first-order chi connectivity index (χ1) is 13.0. The molecule has 0 aliphatic carbocycles. The minimum atomic E-state index is -0.116. The summed E-state index contributed by atoms with van der Waals surface area (Å²) in [5.41, 5.74) is 2.88. The lowest BCUT2D eigenvalue weighted by Gasteiger charge is -2.40. The highest BCUT2D eigenvalue weighted by atomic mass is 16.5. The molecule has 1 fully saturated rings. The Morgan fingerprint density at radius 1 is 1.30 bits per heavy atom. The maximum Gasteiger partial charge on any atom is 0.274 e. The van der Waals surface area contributed by atoms with Gasteiger partial charge in [-0.3, -0.25) is 4.79 Å². The van der Waals surface area contributed by atoms with Gasteiger partial charge in [-0.1, -0.05) is 6.92 Å². The van der Waals surface area contributed by atoms with Crippen LogP contribution in [-0.2, 0) is 4.74 Å². The third-order valence-corrected chi connectivity index (χ3v) is 4.83. The number of aromatic nitrogens is 3. The molecular weight excluding hydrogens is 344 g/mol. The number of carbonyl (C=O) groups is 1. The van der Waals surface area contributed by atoms with E-state index in [1.807, 2.05) is 30.3 Å². The first-order valence-electron chi connectivity index (χ1n) is 8.81. The quantitative estimate of drug-likeness (QED) is 0.694. The molecule has 0 saturated carbocycles. The van der Waals surface area contributed by atoms with E-state index in [-0.39, 0.29) is 11.3 Å². The van der Waals surface area contributed by atoms with Crippen molar-refractivity contribution in [2.24, 2.45) is 5.41 Å². The van der Waals surface area contributed by atoms with Gasteiger partial charge < -0.3 is 14.4 Å². The van der Waals surface area contributed by atoms with Crippen LogP contribution in [0.3, 0.4) is 0 Å². The van der Waals surface area contributed by atoms with Gasteiger partial charge in [0.1, 0.15) is 5.75 Å². The molecule has 7 nitrogen and oxygen atoms in total. The average Bonchev–Trinajstić information content (AvgIpc) is 3.10. The molecule has 140 valence electrons. The Balaban J connectivity index is 1.64. The highest BCUT2D eigenvalue weighted by Crippen LogP contribution is 2.28. The number of methoxy groups -OCH3 is 1. The van der Waals surface area contributed by atoms with E-state index >= 15 is 0 Å². The number of carbonyl (C=O) groups excluding carboxylic acids is 1. The molecule has 0 unspecified atom stereocenters. The Morgan fingerprint density at radius 2 is 2.04 bits per heavy atom. The van der Waals surface area contributed by atoms with Crippen LogP contribution in [0.5, 0.6) is 5.75 Å². The number of fused-ring (bicyclic) bond motifs is 1. The maximum absolute atomic E-state index is 12.8. The number of ether oxygens (including phenoxy) is 2. The fourth-order valence-electron chi connectivity index (χ4n) is 3.36. The van der Waals surface area contributed by atoms with E-state index in [0.29, 0.717) is 31.1 Å². The van der Waals surface area contributed by atoms with Crippen molar-refractivity contribution in [3.63, 3.8) is 0 Å². The first kappa shape index (κ1) is 17.5. The highest BCUT2D eigenvalue weighted by Gasteiger charge is 2.36. The fourth-order valence-corrected chi connectivity index (χ4v) is 3.36. The zero-order chi connectivity index (χ0) is 19.0. The average molecular weight is 366 g/mol. The van der Waals surface area contributed by atoms with Gasteiger partial charge in [-0.15, -0.1) is 0 Å². The number of hydrogen-bond acceptors (Lipinski definition) is 5. The van der Waals surface area contributed by atoms with Gasteiger partial charge in [-0.2, -0.15) is 5.10 Å². The van der Waals surface area contributed by atoms with Crippen molar-refractivity contribution in [2.45, 2.75) is 6.92 Å². The fraction of sp³-hybridized carbons (Fsp3) is 0.350. The van der Waals surface area contributed by atoms with Gasteiger partial charge >= 0.3 is 0 Å². The molecule has 1 aliphatic rings. The van der Waals surface area contributed by atoms with E-state index < -0.39 is 0 Å². The van der Waals surface area contributed by atoms with E-state index in [4.69, 9.17) is 9.47 Å². The predicted octanol–water partition coefficient (Wildman–Crippen LogP) is 2.51. The van der Waals surface area contributed by atoms with Gasteiger partial charge in [0.15, 0.2) is 11.3 Å². The molecule has 2 aromatic heterocycles. The van der Waals surface area contributed by atoms with Crippen LogP contribution in [0.4, 0.5) is 0 Å². The second-order valence-corrected chi connectivity index (χ2v) is 7.32. The lowest BCUT2D eigenvalue weighted by Crippen LogP contribution is -2.49. The summed E-state index contributed by atoms with van der Waals surface area (Å²) in [5, 5.41) is 4.53. The summed E-state index contributed by atoms with van der Waals surface area (Å²) >= 11 is 0. The zero-order valence-electron chi connectivity index (χ0n) is 15.7. The topological polar surface area (TPSA) is 69.0 Å². The first-order valence-corrected chi connectivity index (χ1v) is 8.81. The minimum absolute atomic E-state index is 0.0239. The van der Waals surface area contributed by atoms with Gasteiger partial charge in [0.2, 0.25) is 0 Å². The van der Waals surface area contributed by atoms with Crippen LogP contribution in [-0.4, -0.2) is 59.3 Å². The summed E-state index contributed by atoms with van der Waals surface area (Å²) in [6.07, 6.45) is 1.72. The van der Waals surface area contributed by atoms with Crippen LogP contribution in [0.15, 0.2) is 42.6 Å². The van der Waals surface area contributed by atoms with Gasteiger partial charge in [0, 0.05) is 36.8 Å². The molecule has 0 N–H and O–H groups in total. The molecule has 0 atom stereocenters. The predicted molar refractivity (Wildman–Crippen MR) is 101 cm³/mol. The zero-order valence-corrected chi connectivity index (χ0v) is 15.7. The molecule has 3 heterocycles. The Bertz CT molecular complexity index is 977. The van der Waals surface area contributed by atoms with Gasteiger partial charge in [-0.05, 0) is 30.3 Å². The van der Waals surface area contributed by atoms with E-state index in [9.17, 15) is 4.79 Å². The number of benzene rings is 1. The molecule has 0 bridgehead atoms. The summed E-state index contributed by atoms with van der Waals surface area (Å²) in [6, 6.07) is 11.3. The van der Waals surface area contributed by atoms with Crippen LogP contribution in [0, 0.1) is 5.41 Å². The summed E-state index contributed by atoms with van der Waals surface area (Å²) < 4.78 is 12.2. The molecule has 0 radical (unpaired) electrons. The summed E-state index contributed by atoms with van der Waals surface area (Å²) in [4.78, 5) is 18.9. The molecule has 3 aromatic rings. The van der Waals surface area contributed by atoms with Gasteiger partial charge in [0.05, 0.1) is 26.0 Å². The Labute approximate surface area is 157 Å². The van der Waals surface area contributed by atoms with Crippen molar-refractivity contribution in [1.82, 2.24) is 19.5 Å². The van der Waals surface area contributed by atoms with E-state index in [0.717, 1.165) is 17.0 Å². The largest absolute Gasteiger partial charge is 0.497 e. The van der Waals surface area contributed by atoms with E-state index in [1.54, 1.807) is 35.8 Å². The van der Waals surface area contributed by atoms with Crippen molar-refractivity contribution in [3.05, 3.63) is 48.3 Å². The second-order valence-electron chi connectivity index (χ2n) is 7.32. The van der Waals surface area contributed by atoms with Crippen molar-refractivity contribution >= 4 is 11.6 Å². The molecule has 0 spiro atoms. The van der Waals surface area contributed by atoms with Crippen molar-refractivity contribution < 1.29 is 14.3 Å². The van der Waals surface area contributed by atoms with Crippen LogP contribution >= 0.6 is 0 Å². The van der Waals surface area contributed by atoms with Crippen molar-refractivity contribution in [1.29, 1.82) is 0 Å². The standard InChI is InChI=1S/C20H22N4O3/c1-20(12-27-13-20)11-23(2)19(25)16-10-18-21-9-8-17(24(18)22-16)14-4-6-15(26-3)7-5-14/h4-10H,11-13H2,1-3H3. The number of nitrogens with zero attached hydrogens (tertiary/aromatic N) is 4.